The van der Waals surface area contributed by atoms with E-state index in [9.17, 15) is 0 Å². The van der Waals surface area contributed by atoms with Gasteiger partial charge in [0.15, 0.2) is 0 Å². The quantitative estimate of drug-likeness (QED) is 0.647. The van der Waals surface area contributed by atoms with Gasteiger partial charge in [0.05, 0.1) is 0 Å². The normalized spacial score (nSPS) is 10.8. The van der Waals surface area contributed by atoms with Crippen molar-refractivity contribution in [2.45, 2.75) is 46.5 Å². The van der Waals surface area contributed by atoms with Crippen LogP contribution < -0.4 is 0 Å². The number of rotatable bonds is 3. The molecule has 0 radical (unpaired) electrons. The van der Waals surface area contributed by atoms with Gasteiger partial charge in [-0.15, -0.1) is 0 Å². The highest BCUT2D eigenvalue weighted by molar-refractivity contribution is 5.32. The molecule has 0 aliphatic carbocycles. The molecule has 0 amide bonds. The van der Waals surface area contributed by atoms with E-state index in [1.165, 1.54) is 29.5 Å². The molecule has 1 rings (SSSR count). The van der Waals surface area contributed by atoms with Crippen LogP contribution in [0.2, 0.25) is 0 Å². The third-order valence-corrected chi connectivity index (χ3v) is 2.85. The van der Waals surface area contributed by atoms with Crippen LogP contribution in [-0.2, 0) is 0 Å². The molecule has 0 fully saturated rings. The van der Waals surface area contributed by atoms with Gasteiger partial charge in [-0.05, 0) is 43.7 Å². The first-order valence-electron chi connectivity index (χ1n) is 5.26. The molecule has 0 spiro atoms. The summed E-state index contributed by atoms with van der Waals surface area (Å²) in [6.45, 7) is 8.92. The molecule has 0 aliphatic rings. The molecular weight excluding hydrogens is 156 g/mol. The van der Waals surface area contributed by atoms with Crippen LogP contribution in [0.25, 0.3) is 0 Å². The molecular formula is C13H20. The summed E-state index contributed by atoms with van der Waals surface area (Å²) >= 11 is 0. The van der Waals surface area contributed by atoms with Gasteiger partial charge in [-0.2, -0.15) is 0 Å². The van der Waals surface area contributed by atoms with Gasteiger partial charge in [0.1, 0.15) is 0 Å². The highest BCUT2D eigenvalue weighted by atomic mass is 14.1. The van der Waals surface area contributed by atoms with E-state index in [2.05, 4.69) is 45.9 Å². The summed E-state index contributed by atoms with van der Waals surface area (Å²) < 4.78 is 0. The molecule has 0 unspecified atom stereocenters. The molecule has 0 saturated carbocycles. The van der Waals surface area contributed by atoms with Gasteiger partial charge < -0.3 is 0 Å². The molecule has 0 heterocycles. The second-order valence-electron chi connectivity index (χ2n) is 3.87. The Hall–Kier alpha value is -0.780. The molecule has 0 saturated heterocycles. The van der Waals surface area contributed by atoms with E-state index >= 15 is 0 Å². The van der Waals surface area contributed by atoms with Gasteiger partial charge in [0.25, 0.3) is 0 Å². The van der Waals surface area contributed by atoms with Crippen LogP contribution in [0.15, 0.2) is 18.2 Å². The van der Waals surface area contributed by atoms with Crippen LogP contribution in [0.3, 0.4) is 0 Å². The average Bonchev–Trinajstić information content (AvgIpc) is 2.10. The van der Waals surface area contributed by atoms with Crippen LogP contribution in [0.4, 0.5) is 0 Å². The minimum Gasteiger partial charge on any atom is -0.0648 e. The summed E-state index contributed by atoms with van der Waals surface area (Å²) in [5.74, 6) is 0.751. The molecule has 1 aromatic rings. The summed E-state index contributed by atoms with van der Waals surface area (Å²) in [5.41, 5.74) is 4.36. The van der Waals surface area contributed by atoms with Crippen LogP contribution in [0.5, 0.6) is 0 Å². The lowest BCUT2D eigenvalue weighted by Crippen LogP contribution is -1.98. The zero-order chi connectivity index (χ0) is 9.84. The lowest BCUT2D eigenvalue weighted by Gasteiger charge is -2.15. The minimum atomic E-state index is 0.751. The van der Waals surface area contributed by atoms with E-state index < -0.39 is 0 Å². The summed E-state index contributed by atoms with van der Waals surface area (Å²) in [4.78, 5) is 0. The van der Waals surface area contributed by atoms with E-state index in [-0.39, 0.29) is 0 Å². The third kappa shape index (κ3) is 2.33. The van der Waals surface area contributed by atoms with Gasteiger partial charge in [-0.3, -0.25) is 0 Å². The van der Waals surface area contributed by atoms with E-state index in [0.29, 0.717) is 0 Å². The highest BCUT2D eigenvalue weighted by Crippen LogP contribution is 2.26. The van der Waals surface area contributed by atoms with E-state index in [1.54, 1.807) is 0 Å². The lowest BCUT2D eigenvalue weighted by atomic mass is 9.90. The number of benzene rings is 1. The average molecular weight is 176 g/mol. The second-order valence-corrected chi connectivity index (χ2v) is 3.87. The Kier molecular flexibility index (Phi) is 3.53. The van der Waals surface area contributed by atoms with Crippen molar-refractivity contribution in [3.8, 4) is 0 Å². The molecule has 1 aromatic carbocycles. The van der Waals surface area contributed by atoms with Gasteiger partial charge in [0.2, 0.25) is 0 Å². The first-order chi connectivity index (χ1) is 6.19. The highest BCUT2D eigenvalue weighted by Gasteiger charge is 2.08. The van der Waals surface area contributed by atoms with Crippen molar-refractivity contribution in [2.24, 2.45) is 0 Å². The lowest BCUT2D eigenvalue weighted by molar-refractivity contribution is 0.638. The van der Waals surface area contributed by atoms with Crippen molar-refractivity contribution < 1.29 is 0 Å². The van der Waals surface area contributed by atoms with Crippen molar-refractivity contribution in [1.29, 1.82) is 0 Å². The molecule has 0 N–H and O–H groups in total. The number of aryl methyl sites for hydroxylation is 2. The summed E-state index contributed by atoms with van der Waals surface area (Å²) in [6.07, 6.45) is 2.50. The number of hydrogen-bond acceptors (Lipinski definition) is 0. The Labute approximate surface area is 82.0 Å². The van der Waals surface area contributed by atoms with Crippen molar-refractivity contribution in [3.05, 3.63) is 34.9 Å². The van der Waals surface area contributed by atoms with Crippen molar-refractivity contribution in [2.75, 3.05) is 0 Å². The van der Waals surface area contributed by atoms with E-state index in [4.69, 9.17) is 0 Å². The molecule has 0 heteroatoms. The largest absolute Gasteiger partial charge is 0.0648 e. The Morgan fingerprint density at radius 3 is 2.15 bits per heavy atom. The molecule has 72 valence electrons. The van der Waals surface area contributed by atoms with Gasteiger partial charge >= 0.3 is 0 Å². The third-order valence-electron chi connectivity index (χ3n) is 2.85. The van der Waals surface area contributed by atoms with Crippen LogP contribution in [-0.4, -0.2) is 0 Å². The van der Waals surface area contributed by atoms with Crippen LogP contribution in [0, 0.1) is 13.8 Å². The smallest absolute Gasteiger partial charge is 0.0165 e. The Bertz CT molecular complexity index is 269. The first-order valence-corrected chi connectivity index (χ1v) is 5.26. The second kappa shape index (κ2) is 4.45. The summed E-state index contributed by atoms with van der Waals surface area (Å²) in [7, 11) is 0. The topological polar surface area (TPSA) is 0 Å². The SMILES string of the molecule is CCC(CC)c1ccc(C)cc1C. The van der Waals surface area contributed by atoms with Crippen molar-refractivity contribution in [1.82, 2.24) is 0 Å². The summed E-state index contributed by atoms with van der Waals surface area (Å²) in [5, 5.41) is 0. The molecule has 0 aliphatic heterocycles. The van der Waals surface area contributed by atoms with Crippen LogP contribution in [0.1, 0.15) is 49.3 Å². The first kappa shape index (κ1) is 10.3. The van der Waals surface area contributed by atoms with Crippen LogP contribution >= 0.6 is 0 Å². The number of hydrogen-bond donors (Lipinski definition) is 0. The molecule has 0 atom stereocenters. The predicted octanol–water partition coefficient (Wildman–Crippen LogP) is 4.21. The Morgan fingerprint density at radius 1 is 1.08 bits per heavy atom. The molecule has 0 aromatic heterocycles. The zero-order valence-electron chi connectivity index (χ0n) is 9.22. The Morgan fingerprint density at radius 2 is 1.69 bits per heavy atom. The van der Waals surface area contributed by atoms with E-state index in [1.807, 2.05) is 0 Å². The van der Waals surface area contributed by atoms with Gasteiger partial charge in [-0.25, -0.2) is 0 Å². The molecule has 13 heavy (non-hydrogen) atoms. The zero-order valence-corrected chi connectivity index (χ0v) is 9.22. The standard InChI is InChI=1S/C13H20/c1-5-12(6-2)13-8-7-10(3)9-11(13)4/h7-9,12H,5-6H2,1-4H3. The van der Waals surface area contributed by atoms with Gasteiger partial charge in [-0.1, -0.05) is 37.6 Å². The monoisotopic (exact) mass is 176 g/mol. The fourth-order valence-electron chi connectivity index (χ4n) is 2.01. The van der Waals surface area contributed by atoms with Crippen molar-refractivity contribution >= 4 is 0 Å². The maximum absolute atomic E-state index is 2.29. The van der Waals surface area contributed by atoms with E-state index in [0.717, 1.165) is 5.92 Å². The van der Waals surface area contributed by atoms with Crippen molar-refractivity contribution in [3.63, 3.8) is 0 Å². The predicted molar refractivity (Wildman–Crippen MR) is 59.2 cm³/mol. The maximum Gasteiger partial charge on any atom is -0.0165 e. The maximum atomic E-state index is 2.29. The molecule has 0 bridgehead atoms. The molecule has 0 nitrogen and oxygen atoms in total. The summed E-state index contributed by atoms with van der Waals surface area (Å²) in [6, 6.07) is 6.80. The van der Waals surface area contributed by atoms with Gasteiger partial charge in [0, 0.05) is 0 Å². The fraction of sp³-hybridized carbons (Fsp3) is 0.538. The minimum absolute atomic E-state index is 0.751. The Balaban J connectivity index is 2.99. The fourth-order valence-corrected chi connectivity index (χ4v) is 2.01.